The summed E-state index contributed by atoms with van der Waals surface area (Å²) in [6.07, 6.45) is 0.0513. The molecule has 0 radical (unpaired) electrons. The fourth-order valence-corrected chi connectivity index (χ4v) is 3.06. The molecule has 21 heavy (non-hydrogen) atoms. The van der Waals surface area contributed by atoms with E-state index in [1.165, 1.54) is 11.8 Å². The van der Waals surface area contributed by atoms with Crippen LogP contribution < -0.4 is 10.6 Å². The average Bonchev–Trinajstić information content (AvgIpc) is 2.48. The largest absolute Gasteiger partial charge is 0.480 e. The van der Waals surface area contributed by atoms with Gasteiger partial charge in [0.2, 0.25) is 11.8 Å². The molecule has 1 aromatic rings. The number of carbonyl (C=O) groups excluding carboxylic acids is 2. The highest BCUT2D eigenvalue weighted by molar-refractivity contribution is 8.00. The van der Waals surface area contributed by atoms with Crippen LogP contribution in [-0.2, 0) is 20.9 Å². The molecule has 2 atom stereocenters. The van der Waals surface area contributed by atoms with Crippen molar-refractivity contribution in [2.45, 2.75) is 24.3 Å². The zero-order chi connectivity index (χ0) is 15.2. The molecule has 7 heteroatoms. The first-order valence-corrected chi connectivity index (χ1v) is 7.56. The fourth-order valence-electron chi connectivity index (χ4n) is 1.92. The van der Waals surface area contributed by atoms with E-state index in [0.29, 0.717) is 6.54 Å². The Bertz CT molecular complexity index is 535. The Morgan fingerprint density at radius 1 is 1.33 bits per heavy atom. The Morgan fingerprint density at radius 3 is 2.67 bits per heavy atom. The highest BCUT2D eigenvalue weighted by Crippen LogP contribution is 2.21. The van der Waals surface area contributed by atoms with Gasteiger partial charge in [0.05, 0.1) is 5.25 Å². The third kappa shape index (κ3) is 4.49. The molecule has 3 N–H and O–H groups in total. The van der Waals surface area contributed by atoms with Crippen molar-refractivity contribution >= 4 is 29.5 Å². The van der Waals surface area contributed by atoms with E-state index in [1.807, 2.05) is 30.3 Å². The van der Waals surface area contributed by atoms with Crippen molar-refractivity contribution in [2.24, 2.45) is 0 Å². The van der Waals surface area contributed by atoms with Gasteiger partial charge >= 0.3 is 5.97 Å². The Hall–Kier alpha value is -2.02. The number of carbonyl (C=O) groups is 3. The molecule has 1 saturated heterocycles. The van der Waals surface area contributed by atoms with Crippen LogP contribution in [0.3, 0.4) is 0 Å². The Balaban J connectivity index is 1.78. The summed E-state index contributed by atoms with van der Waals surface area (Å²) in [6.45, 7) is 0.413. The molecule has 2 rings (SSSR count). The second kappa shape index (κ2) is 7.12. The quantitative estimate of drug-likeness (QED) is 0.731. The summed E-state index contributed by atoms with van der Waals surface area (Å²) in [7, 11) is 0. The lowest BCUT2D eigenvalue weighted by molar-refractivity contribution is -0.141. The first-order valence-electron chi connectivity index (χ1n) is 6.51. The van der Waals surface area contributed by atoms with Crippen LogP contribution >= 0.6 is 11.8 Å². The van der Waals surface area contributed by atoms with Gasteiger partial charge in [0.15, 0.2) is 0 Å². The zero-order valence-corrected chi connectivity index (χ0v) is 12.1. The summed E-state index contributed by atoms with van der Waals surface area (Å²) in [5.74, 6) is -1.39. The number of nitrogens with one attached hydrogen (secondary N) is 2. The van der Waals surface area contributed by atoms with Crippen molar-refractivity contribution < 1.29 is 19.5 Å². The van der Waals surface area contributed by atoms with Gasteiger partial charge in [-0.1, -0.05) is 30.3 Å². The van der Waals surface area contributed by atoms with Gasteiger partial charge in [0, 0.05) is 18.7 Å². The molecular weight excluding hydrogens is 292 g/mol. The molecule has 112 valence electrons. The molecule has 1 fully saturated rings. The third-order valence-corrected chi connectivity index (χ3v) is 4.38. The van der Waals surface area contributed by atoms with E-state index < -0.39 is 23.2 Å². The van der Waals surface area contributed by atoms with E-state index in [0.717, 1.165) is 5.56 Å². The number of rotatable bonds is 5. The average molecular weight is 308 g/mol. The Morgan fingerprint density at radius 2 is 2.05 bits per heavy atom. The van der Waals surface area contributed by atoms with Gasteiger partial charge in [-0.05, 0) is 5.56 Å². The predicted octanol–water partition coefficient (Wildman–Crippen LogP) is 0.378. The van der Waals surface area contributed by atoms with Crippen LogP contribution in [-0.4, -0.2) is 39.9 Å². The van der Waals surface area contributed by atoms with E-state index in [-0.39, 0.29) is 18.1 Å². The maximum absolute atomic E-state index is 11.8. The smallest absolute Gasteiger partial charge is 0.327 e. The van der Waals surface area contributed by atoms with Crippen molar-refractivity contribution in [2.75, 3.05) is 5.75 Å². The molecule has 1 aromatic carbocycles. The van der Waals surface area contributed by atoms with Crippen molar-refractivity contribution in [1.82, 2.24) is 10.6 Å². The summed E-state index contributed by atoms with van der Waals surface area (Å²) >= 11 is 1.20. The molecule has 0 bridgehead atoms. The molecule has 6 nitrogen and oxygen atoms in total. The number of hydrogen-bond donors (Lipinski definition) is 3. The molecule has 1 aliphatic heterocycles. The highest BCUT2D eigenvalue weighted by Gasteiger charge is 2.33. The summed E-state index contributed by atoms with van der Waals surface area (Å²) in [6, 6.07) is 8.61. The van der Waals surface area contributed by atoms with Crippen LogP contribution in [0.15, 0.2) is 30.3 Å². The first kappa shape index (κ1) is 15.4. The van der Waals surface area contributed by atoms with Crippen LogP contribution in [0, 0.1) is 0 Å². The minimum atomic E-state index is -1.05. The lowest BCUT2D eigenvalue weighted by Crippen LogP contribution is -2.51. The molecule has 1 heterocycles. The summed E-state index contributed by atoms with van der Waals surface area (Å²) in [5, 5.41) is 13.5. The molecule has 0 saturated carbocycles. The number of benzene rings is 1. The van der Waals surface area contributed by atoms with Gasteiger partial charge in [-0.25, -0.2) is 4.79 Å². The van der Waals surface area contributed by atoms with E-state index >= 15 is 0 Å². The lowest BCUT2D eigenvalue weighted by Gasteiger charge is -2.25. The van der Waals surface area contributed by atoms with Crippen molar-refractivity contribution in [1.29, 1.82) is 0 Å². The molecule has 0 aliphatic carbocycles. The van der Waals surface area contributed by atoms with Crippen molar-refractivity contribution in [3.05, 3.63) is 35.9 Å². The minimum Gasteiger partial charge on any atom is -0.480 e. The SMILES string of the molecule is O=C(C[C@@H]1SC[C@@H](C(=O)O)NC1=O)NCc1ccccc1. The number of hydrogen-bond acceptors (Lipinski definition) is 4. The second-order valence-corrected chi connectivity index (χ2v) is 5.92. The van der Waals surface area contributed by atoms with Crippen LogP contribution in [0.5, 0.6) is 0 Å². The summed E-state index contributed by atoms with van der Waals surface area (Å²) < 4.78 is 0. The van der Waals surface area contributed by atoms with Crippen molar-refractivity contribution in [3.8, 4) is 0 Å². The van der Waals surface area contributed by atoms with Gasteiger partial charge in [-0.15, -0.1) is 11.8 Å². The number of amides is 2. The van der Waals surface area contributed by atoms with Crippen LogP contribution in [0.25, 0.3) is 0 Å². The maximum atomic E-state index is 11.8. The fraction of sp³-hybridized carbons (Fsp3) is 0.357. The number of thioether (sulfide) groups is 1. The standard InChI is InChI=1S/C14H16N2O4S/c17-12(15-7-9-4-2-1-3-5-9)6-11-13(18)16-10(8-21-11)14(19)20/h1-5,10-11H,6-8H2,(H,15,17)(H,16,18)(H,19,20)/t10-,11-/m0/s1. The van der Waals surface area contributed by atoms with E-state index in [4.69, 9.17) is 5.11 Å². The third-order valence-electron chi connectivity index (χ3n) is 3.07. The molecular formula is C14H16N2O4S. The molecule has 2 amide bonds. The van der Waals surface area contributed by atoms with Gasteiger partial charge in [0.25, 0.3) is 0 Å². The van der Waals surface area contributed by atoms with Crippen LogP contribution in [0.2, 0.25) is 0 Å². The summed E-state index contributed by atoms with van der Waals surface area (Å²) in [5.41, 5.74) is 0.984. The minimum absolute atomic E-state index is 0.0513. The summed E-state index contributed by atoms with van der Waals surface area (Å²) in [4.78, 5) is 34.3. The molecule has 0 spiro atoms. The molecule has 0 aromatic heterocycles. The van der Waals surface area contributed by atoms with Gasteiger partial charge in [-0.3, -0.25) is 9.59 Å². The van der Waals surface area contributed by atoms with Crippen LogP contribution in [0.1, 0.15) is 12.0 Å². The van der Waals surface area contributed by atoms with Gasteiger partial charge in [-0.2, -0.15) is 0 Å². The second-order valence-electron chi connectivity index (χ2n) is 4.69. The predicted molar refractivity (Wildman–Crippen MR) is 78.7 cm³/mol. The molecule has 0 unspecified atom stereocenters. The number of carboxylic acids is 1. The Kier molecular flexibility index (Phi) is 5.21. The maximum Gasteiger partial charge on any atom is 0.327 e. The first-order chi connectivity index (χ1) is 10.1. The van der Waals surface area contributed by atoms with Gasteiger partial charge in [0.1, 0.15) is 6.04 Å². The lowest BCUT2D eigenvalue weighted by atomic mass is 10.2. The van der Waals surface area contributed by atoms with Gasteiger partial charge < -0.3 is 15.7 Å². The van der Waals surface area contributed by atoms with E-state index in [1.54, 1.807) is 0 Å². The van der Waals surface area contributed by atoms with E-state index in [2.05, 4.69) is 10.6 Å². The highest BCUT2D eigenvalue weighted by atomic mass is 32.2. The molecule has 1 aliphatic rings. The monoisotopic (exact) mass is 308 g/mol. The number of aliphatic carboxylic acids is 1. The van der Waals surface area contributed by atoms with Crippen molar-refractivity contribution in [3.63, 3.8) is 0 Å². The topological polar surface area (TPSA) is 95.5 Å². The Labute approximate surface area is 126 Å². The van der Waals surface area contributed by atoms with Crippen LogP contribution in [0.4, 0.5) is 0 Å². The zero-order valence-electron chi connectivity index (χ0n) is 11.2. The van der Waals surface area contributed by atoms with E-state index in [9.17, 15) is 14.4 Å². The normalized spacial score (nSPS) is 21.4. The number of carboxylic acid groups (broad SMARTS) is 1.